The third-order valence-electron chi connectivity index (χ3n) is 1.78. The molecule has 0 aromatic heterocycles. The number of aliphatic hydroxyl groups excluding tert-OH is 2. The van der Waals surface area contributed by atoms with Gasteiger partial charge in [0.1, 0.15) is 0 Å². The van der Waals surface area contributed by atoms with Gasteiger partial charge in [0.05, 0.1) is 18.8 Å². The van der Waals surface area contributed by atoms with Gasteiger partial charge in [0.25, 0.3) is 0 Å². The van der Waals surface area contributed by atoms with Gasteiger partial charge in [-0.3, -0.25) is 0 Å². The molecule has 0 unspecified atom stereocenters. The highest BCUT2D eigenvalue weighted by molar-refractivity contribution is 4.94. The zero-order chi connectivity index (χ0) is 9.45. The minimum absolute atomic E-state index is 0.181. The number of allylic oxidation sites excluding steroid dienone is 1. The van der Waals surface area contributed by atoms with Crippen molar-refractivity contribution in [3.63, 3.8) is 0 Å². The maximum Gasteiger partial charge on any atom is 0.0657 e. The van der Waals surface area contributed by atoms with E-state index in [0.29, 0.717) is 6.42 Å². The zero-order valence-corrected chi connectivity index (χ0v) is 7.66. The fourth-order valence-corrected chi connectivity index (χ4v) is 0.782. The standard InChI is InChI=1S/C9H19NO2/c1-2-3-4-5-6-9(10,7-11)8-12/h4-5,11-12H,2-3,6-8,10H2,1H3/b5-4+. The summed E-state index contributed by atoms with van der Waals surface area (Å²) >= 11 is 0. The maximum atomic E-state index is 8.82. The van der Waals surface area contributed by atoms with Crippen LogP contribution in [0.15, 0.2) is 12.2 Å². The lowest BCUT2D eigenvalue weighted by Crippen LogP contribution is -2.46. The van der Waals surface area contributed by atoms with Crippen molar-refractivity contribution in [2.45, 2.75) is 31.7 Å². The van der Waals surface area contributed by atoms with Gasteiger partial charge >= 0.3 is 0 Å². The highest BCUT2D eigenvalue weighted by Gasteiger charge is 2.20. The fraction of sp³-hybridized carbons (Fsp3) is 0.778. The Balaban J connectivity index is 3.72. The van der Waals surface area contributed by atoms with Gasteiger partial charge < -0.3 is 15.9 Å². The first-order valence-corrected chi connectivity index (χ1v) is 4.34. The zero-order valence-electron chi connectivity index (χ0n) is 7.66. The molecule has 3 nitrogen and oxygen atoms in total. The van der Waals surface area contributed by atoms with Crippen molar-refractivity contribution in [2.24, 2.45) is 5.73 Å². The molecule has 4 N–H and O–H groups in total. The average molecular weight is 173 g/mol. The van der Waals surface area contributed by atoms with E-state index >= 15 is 0 Å². The Labute approximate surface area is 73.9 Å². The molecule has 3 heteroatoms. The van der Waals surface area contributed by atoms with Crippen LogP contribution in [0.3, 0.4) is 0 Å². The van der Waals surface area contributed by atoms with E-state index in [1.807, 2.05) is 12.2 Å². The quantitative estimate of drug-likeness (QED) is 0.510. The Morgan fingerprint density at radius 3 is 2.25 bits per heavy atom. The Hall–Kier alpha value is -0.380. The Kier molecular flexibility index (Phi) is 5.98. The second-order valence-corrected chi connectivity index (χ2v) is 3.14. The van der Waals surface area contributed by atoms with Crippen molar-refractivity contribution >= 4 is 0 Å². The number of nitrogens with two attached hydrogens (primary N) is 1. The third kappa shape index (κ3) is 4.49. The van der Waals surface area contributed by atoms with E-state index in [4.69, 9.17) is 15.9 Å². The van der Waals surface area contributed by atoms with Crippen LogP contribution < -0.4 is 5.73 Å². The van der Waals surface area contributed by atoms with E-state index in [9.17, 15) is 0 Å². The van der Waals surface area contributed by atoms with Crippen LogP contribution >= 0.6 is 0 Å². The average Bonchev–Trinajstić information content (AvgIpc) is 2.12. The molecule has 0 atom stereocenters. The monoisotopic (exact) mass is 173 g/mol. The molecule has 0 rings (SSSR count). The molecule has 0 aliphatic heterocycles. The van der Waals surface area contributed by atoms with Gasteiger partial charge in [0.15, 0.2) is 0 Å². The Morgan fingerprint density at radius 1 is 1.25 bits per heavy atom. The number of rotatable bonds is 6. The lowest BCUT2D eigenvalue weighted by molar-refractivity contribution is 0.123. The summed E-state index contributed by atoms with van der Waals surface area (Å²) in [5.41, 5.74) is 4.78. The number of aliphatic hydroxyl groups is 2. The molecule has 0 fully saturated rings. The van der Waals surface area contributed by atoms with Gasteiger partial charge in [-0.1, -0.05) is 25.5 Å². The van der Waals surface area contributed by atoms with Crippen LogP contribution in [0, 0.1) is 0 Å². The van der Waals surface area contributed by atoms with Crippen LogP contribution in [0.25, 0.3) is 0 Å². The number of unbranched alkanes of at least 4 members (excludes halogenated alkanes) is 1. The largest absolute Gasteiger partial charge is 0.394 e. The van der Waals surface area contributed by atoms with E-state index < -0.39 is 5.54 Å². The molecular weight excluding hydrogens is 154 g/mol. The van der Waals surface area contributed by atoms with Gasteiger partial charge in [-0.15, -0.1) is 0 Å². The summed E-state index contributed by atoms with van der Waals surface area (Å²) < 4.78 is 0. The molecule has 0 spiro atoms. The van der Waals surface area contributed by atoms with Crippen molar-refractivity contribution in [1.82, 2.24) is 0 Å². The molecule has 0 heterocycles. The fourth-order valence-electron chi connectivity index (χ4n) is 0.782. The molecule has 12 heavy (non-hydrogen) atoms. The second kappa shape index (κ2) is 6.17. The summed E-state index contributed by atoms with van der Waals surface area (Å²) in [7, 11) is 0. The van der Waals surface area contributed by atoms with Crippen molar-refractivity contribution < 1.29 is 10.2 Å². The predicted molar refractivity (Wildman–Crippen MR) is 49.8 cm³/mol. The summed E-state index contributed by atoms with van der Waals surface area (Å²) in [6, 6.07) is 0. The topological polar surface area (TPSA) is 66.5 Å². The van der Waals surface area contributed by atoms with Crippen LogP contribution in [0.5, 0.6) is 0 Å². The summed E-state index contributed by atoms with van der Waals surface area (Å²) in [5, 5.41) is 17.6. The third-order valence-corrected chi connectivity index (χ3v) is 1.78. The molecule has 0 aliphatic carbocycles. The summed E-state index contributed by atoms with van der Waals surface area (Å²) in [5.74, 6) is 0. The molecule has 0 radical (unpaired) electrons. The minimum Gasteiger partial charge on any atom is -0.394 e. The number of hydrogen-bond donors (Lipinski definition) is 3. The first-order chi connectivity index (χ1) is 5.68. The van der Waals surface area contributed by atoms with E-state index in [1.165, 1.54) is 0 Å². The lowest BCUT2D eigenvalue weighted by Gasteiger charge is -2.22. The minimum atomic E-state index is -0.843. The molecule has 0 aromatic rings. The lowest BCUT2D eigenvalue weighted by atomic mass is 9.98. The van der Waals surface area contributed by atoms with E-state index in [-0.39, 0.29) is 13.2 Å². The van der Waals surface area contributed by atoms with Crippen molar-refractivity contribution in [3.8, 4) is 0 Å². The summed E-state index contributed by atoms with van der Waals surface area (Å²) in [4.78, 5) is 0. The van der Waals surface area contributed by atoms with E-state index in [2.05, 4.69) is 6.92 Å². The predicted octanol–water partition coefficient (Wildman–Crippen LogP) is 0.415. The van der Waals surface area contributed by atoms with Gasteiger partial charge in [0.2, 0.25) is 0 Å². The highest BCUT2D eigenvalue weighted by Crippen LogP contribution is 2.06. The molecular formula is C9H19NO2. The molecule has 0 saturated heterocycles. The molecule has 72 valence electrons. The second-order valence-electron chi connectivity index (χ2n) is 3.14. The van der Waals surface area contributed by atoms with Gasteiger partial charge in [-0.05, 0) is 12.8 Å². The van der Waals surface area contributed by atoms with Crippen LogP contribution in [0.2, 0.25) is 0 Å². The Bertz CT molecular complexity index is 130. The van der Waals surface area contributed by atoms with Crippen molar-refractivity contribution in [1.29, 1.82) is 0 Å². The van der Waals surface area contributed by atoms with Crippen LogP contribution in [0.1, 0.15) is 26.2 Å². The smallest absolute Gasteiger partial charge is 0.0657 e. The summed E-state index contributed by atoms with van der Waals surface area (Å²) in [6.45, 7) is 1.73. The van der Waals surface area contributed by atoms with Gasteiger partial charge in [-0.25, -0.2) is 0 Å². The molecule has 0 aromatic carbocycles. The normalized spacial score (nSPS) is 12.7. The maximum absolute atomic E-state index is 8.82. The van der Waals surface area contributed by atoms with Crippen molar-refractivity contribution in [3.05, 3.63) is 12.2 Å². The number of hydrogen-bond acceptors (Lipinski definition) is 3. The first-order valence-electron chi connectivity index (χ1n) is 4.34. The van der Waals surface area contributed by atoms with E-state index in [1.54, 1.807) is 0 Å². The van der Waals surface area contributed by atoms with Crippen molar-refractivity contribution in [2.75, 3.05) is 13.2 Å². The Morgan fingerprint density at radius 2 is 1.83 bits per heavy atom. The highest BCUT2D eigenvalue weighted by atomic mass is 16.3. The molecule has 0 saturated carbocycles. The summed E-state index contributed by atoms with van der Waals surface area (Å²) in [6.07, 6.45) is 6.59. The van der Waals surface area contributed by atoms with Crippen LogP contribution in [0.4, 0.5) is 0 Å². The first kappa shape index (κ1) is 11.6. The molecule has 0 bridgehead atoms. The van der Waals surface area contributed by atoms with Crippen LogP contribution in [-0.4, -0.2) is 29.0 Å². The van der Waals surface area contributed by atoms with Crippen LogP contribution in [-0.2, 0) is 0 Å². The molecule has 0 aliphatic rings. The SMILES string of the molecule is CCC/C=C/CC(N)(CO)CO. The van der Waals surface area contributed by atoms with Gasteiger partial charge in [0, 0.05) is 0 Å². The molecule has 0 amide bonds. The van der Waals surface area contributed by atoms with E-state index in [0.717, 1.165) is 12.8 Å². The van der Waals surface area contributed by atoms with Gasteiger partial charge in [-0.2, -0.15) is 0 Å².